The molecule has 5 nitrogen and oxygen atoms in total. The van der Waals surface area contributed by atoms with E-state index in [1.807, 2.05) is 34.6 Å². The van der Waals surface area contributed by atoms with Gasteiger partial charge < -0.3 is 4.74 Å². The van der Waals surface area contributed by atoms with Gasteiger partial charge in [0.05, 0.1) is 5.69 Å². The van der Waals surface area contributed by atoms with Gasteiger partial charge in [-0.25, -0.2) is 0 Å². The van der Waals surface area contributed by atoms with Crippen LogP contribution >= 0.6 is 11.8 Å². The minimum atomic E-state index is -0.837. The molecule has 5 rings (SSSR count). The lowest BCUT2D eigenvalue weighted by Crippen LogP contribution is -2.36. The minimum absolute atomic E-state index is 0.267. The molecule has 0 saturated heterocycles. The number of ether oxygens (including phenoxy) is 1. The lowest BCUT2D eigenvalue weighted by molar-refractivity contribution is -0.156. The summed E-state index contributed by atoms with van der Waals surface area (Å²) >= 11 is 1.40. The normalized spacial score (nSPS) is 16.4. The number of allylic oxidation sites excluding steroid dienone is 4. The van der Waals surface area contributed by atoms with Crippen molar-refractivity contribution < 1.29 is 9.53 Å². The molecule has 3 aromatic rings. The quantitative estimate of drug-likeness (QED) is 0.271. The maximum atomic E-state index is 13.1. The van der Waals surface area contributed by atoms with Gasteiger partial charge >= 0.3 is 5.97 Å². The van der Waals surface area contributed by atoms with Gasteiger partial charge in [-0.1, -0.05) is 60.3 Å². The first-order valence-electron chi connectivity index (χ1n) is 12.4. The average Bonchev–Trinajstić information content (AvgIpc) is 3.58. The van der Waals surface area contributed by atoms with Gasteiger partial charge in [-0.3, -0.25) is 9.36 Å². The number of nitrogens with zero attached hydrogens (tertiary/aromatic N) is 3. The van der Waals surface area contributed by atoms with Crippen molar-refractivity contribution in [2.45, 2.75) is 81.7 Å². The van der Waals surface area contributed by atoms with E-state index in [1.54, 1.807) is 0 Å². The summed E-state index contributed by atoms with van der Waals surface area (Å²) in [5, 5.41) is 12.4. The maximum absolute atomic E-state index is 13.1. The molecule has 0 N–H and O–H groups in total. The van der Waals surface area contributed by atoms with Crippen molar-refractivity contribution in [2.75, 3.05) is 0 Å². The van der Waals surface area contributed by atoms with Gasteiger partial charge in [-0.05, 0) is 83.2 Å². The van der Waals surface area contributed by atoms with Gasteiger partial charge in [0.1, 0.15) is 10.3 Å². The number of aromatic nitrogens is 3. The fourth-order valence-electron chi connectivity index (χ4n) is 4.44. The SMILES string of the molecule is CC(C)(C)OC(=O)C(C)(C)Sc1nnc(C2=CCCC=C2)n1-c1ccc(C2CC2)c2ccccc12. The molecule has 2 aliphatic rings. The number of hydrogen-bond acceptors (Lipinski definition) is 5. The van der Waals surface area contributed by atoms with E-state index in [0.717, 1.165) is 29.9 Å². The van der Waals surface area contributed by atoms with Crippen LogP contribution in [0.2, 0.25) is 0 Å². The molecule has 0 radical (unpaired) electrons. The zero-order valence-corrected chi connectivity index (χ0v) is 22.0. The number of carbonyl (C=O) groups is 1. The number of hydrogen-bond donors (Lipinski definition) is 0. The van der Waals surface area contributed by atoms with Crippen LogP contribution in [0.15, 0.2) is 59.8 Å². The van der Waals surface area contributed by atoms with Gasteiger partial charge in [0.2, 0.25) is 0 Å². The van der Waals surface area contributed by atoms with Gasteiger partial charge in [-0.15, -0.1) is 10.2 Å². The molecule has 0 unspecified atom stereocenters. The Morgan fingerprint density at radius 2 is 1.74 bits per heavy atom. The Kier molecular flexibility index (Phi) is 6.12. The van der Waals surface area contributed by atoms with Gasteiger partial charge in [0.15, 0.2) is 11.0 Å². The molecule has 6 heteroatoms. The lowest BCUT2D eigenvalue weighted by Gasteiger charge is -2.28. The van der Waals surface area contributed by atoms with E-state index in [-0.39, 0.29) is 5.97 Å². The summed E-state index contributed by atoms with van der Waals surface area (Å²) in [7, 11) is 0. The topological polar surface area (TPSA) is 57.0 Å². The molecule has 2 aromatic carbocycles. The van der Waals surface area contributed by atoms with Crippen molar-refractivity contribution >= 4 is 34.1 Å². The summed E-state index contributed by atoms with van der Waals surface area (Å²) in [5.74, 6) is 1.18. The molecule has 1 fully saturated rings. The standard InChI is InChI=1S/C29H33N3O2S/c1-28(2,3)34-26(33)29(4,5)35-27-31-30-25(20-11-7-6-8-12-20)32(27)24-18-17-21(19-15-16-19)22-13-9-10-14-23(22)24/h7,9-14,17-19H,6,8,15-16H2,1-5H3. The third kappa shape index (κ3) is 4.94. The molecule has 0 amide bonds. The van der Waals surface area contributed by atoms with Crippen molar-refractivity contribution in [3.8, 4) is 5.69 Å². The molecular formula is C29H33N3O2S. The molecule has 1 aromatic heterocycles. The first-order chi connectivity index (χ1) is 16.6. The summed E-state index contributed by atoms with van der Waals surface area (Å²) in [4.78, 5) is 13.1. The molecule has 182 valence electrons. The summed E-state index contributed by atoms with van der Waals surface area (Å²) in [5.41, 5.74) is 2.95. The first kappa shape index (κ1) is 23.9. The molecule has 0 bridgehead atoms. The van der Waals surface area contributed by atoms with E-state index in [1.165, 1.54) is 40.9 Å². The second-order valence-corrected chi connectivity index (χ2v) is 12.5. The van der Waals surface area contributed by atoms with E-state index in [2.05, 4.69) is 69.4 Å². The Hall–Kier alpha value is -2.86. The zero-order valence-electron chi connectivity index (χ0n) is 21.2. The summed E-state index contributed by atoms with van der Waals surface area (Å²) in [6.45, 7) is 9.45. The second-order valence-electron chi connectivity index (χ2n) is 10.9. The molecule has 0 aliphatic heterocycles. The number of carbonyl (C=O) groups excluding carboxylic acids is 1. The van der Waals surface area contributed by atoms with Gasteiger partial charge in [0, 0.05) is 11.0 Å². The number of esters is 1. The number of benzene rings is 2. The number of fused-ring (bicyclic) bond motifs is 1. The number of thioether (sulfide) groups is 1. The van der Waals surface area contributed by atoms with E-state index in [9.17, 15) is 4.79 Å². The highest BCUT2D eigenvalue weighted by Gasteiger charge is 2.36. The Labute approximate surface area is 211 Å². The maximum Gasteiger partial charge on any atom is 0.322 e. The molecule has 0 atom stereocenters. The summed E-state index contributed by atoms with van der Waals surface area (Å²) < 4.78 is 7.01. The van der Waals surface area contributed by atoms with Gasteiger partial charge in [0.25, 0.3) is 0 Å². The van der Waals surface area contributed by atoms with E-state index in [4.69, 9.17) is 4.74 Å². The van der Waals surface area contributed by atoms with Crippen LogP contribution in [0.1, 0.15) is 77.6 Å². The Morgan fingerprint density at radius 3 is 2.40 bits per heavy atom. The highest BCUT2D eigenvalue weighted by atomic mass is 32.2. The zero-order chi connectivity index (χ0) is 24.8. The number of rotatable bonds is 6. The van der Waals surface area contributed by atoms with Crippen LogP contribution in [-0.2, 0) is 9.53 Å². The Morgan fingerprint density at radius 1 is 1.00 bits per heavy atom. The van der Waals surface area contributed by atoms with E-state index >= 15 is 0 Å². The average molecular weight is 488 g/mol. The third-order valence-corrected chi connectivity index (χ3v) is 7.44. The van der Waals surface area contributed by atoms with Crippen LogP contribution in [-0.4, -0.2) is 31.1 Å². The fourth-order valence-corrected chi connectivity index (χ4v) is 5.38. The van der Waals surface area contributed by atoms with Crippen LogP contribution in [0.4, 0.5) is 0 Å². The largest absolute Gasteiger partial charge is 0.459 e. The van der Waals surface area contributed by atoms with Crippen molar-refractivity contribution in [2.24, 2.45) is 0 Å². The van der Waals surface area contributed by atoms with Crippen LogP contribution in [0.3, 0.4) is 0 Å². The van der Waals surface area contributed by atoms with Crippen molar-refractivity contribution in [1.29, 1.82) is 0 Å². The van der Waals surface area contributed by atoms with Crippen LogP contribution < -0.4 is 0 Å². The highest BCUT2D eigenvalue weighted by Crippen LogP contribution is 2.45. The third-order valence-electron chi connectivity index (χ3n) is 6.32. The van der Waals surface area contributed by atoms with Crippen molar-refractivity contribution in [3.05, 3.63) is 66.0 Å². The molecule has 2 aliphatic carbocycles. The molecule has 1 saturated carbocycles. The lowest BCUT2D eigenvalue weighted by atomic mass is 9.99. The Balaban J connectivity index is 1.65. The van der Waals surface area contributed by atoms with Crippen LogP contribution in [0, 0.1) is 0 Å². The van der Waals surface area contributed by atoms with E-state index < -0.39 is 10.3 Å². The monoisotopic (exact) mass is 487 g/mol. The Bertz CT molecular complexity index is 1340. The van der Waals surface area contributed by atoms with Crippen LogP contribution in [0.25, 0.3) is 22.0 Å². The minimum Gasteiger partial charge on any atom is -0.459 e. The molecule has 0 spiro atoms. The predicted molar refractivity (Wildman–Crippen MR) is 143 cm³/mol. The highest BCUT2D eigenvalue weighted by molar-refractivity contribution is 8.01. The first-order valence-corrected chi connectivity index (χ1v) is 13.2. The molecule has 1 heterocycles. The van der Waals surface area contributed by atoms with Gasteiger partial charge in [-0.2, -0.15) is 0 Å². The predicted octanol–water partition coefficient (Wildman–Crippen LogP) is 7.24. The second kappa shape index (κ2) is 8.98. The summed E-state index contributed by atoms with van der Waals surface area (Å²) in [6, 6.07) is 13.0. The molecule has 35 heavy (non-hydrogen) atoms. The fraction of sp³-hybridized carbons (Fsp3) is 0.414. The smallest absolute Gasteiger partial charge is 0.322 e. The van der Waals surface area contributed by atoms with E-state index in [0.29, 0.717) is 11.1 Å². The molecular weight excluding hydrogens is 454 g/mol. The summed E-state index contributed by atoms with van der Waals surface area (Å²) in [6.07, 6.45) is 11.0. The van der Waals surface area contributed by atoms with Crippen LogP contribution in [0.5, 0.6) is 0 Å². The van der Waals surface area contributed by atoms with Crippen molar-refractivity contribution in [3.63, 3.8) is 0 Å². The van der Waals surface area contributed by atoms with Crippen molar-refractivity contribution in [1.82, 2.24) is 14.8 Å².